The van der Waals surface area contributed by atoms with Gasteiger partial charge in [0.05, 0.1) is 5.56 Å². The van der Waals surface area contributed by atoms with E-state index in [1.54, 1.807) is 31.2 Å². The number of hydrogen-bond acceptors (Lipinski definition) is 4. The molecule has 0 atom stereocenters. The first kappa shape index (κ1) is 13.4. The molecule has 0 heterocycles. The van der Waals surface area contributed by atoms with E-state index in [0.29, 0.717) is 5.56 Å². The normalized spacial score (nSPS) is 11.0. The lowest BCUT2D eigenvalue weighted by molar-refractivity contribution is -0.354. The van der Waals surface area contributed by atoms with Gasteiger partial charge in [-0.3, -0.25) is 0 Å². The maximum absolute atomic E-state index is 11.6. The van der Waals surface area contributed by atoms with Crippen molar-refractivity contribution in [3.05, 3.63) is 48.0 Å². The van der Waals surface area contributed by atoms with Crippen molar-refractivity contribution >= 4 is 5.97 Å². The van der Waals surface area contributed by atoms with E-state index < -0.39 is 11.9 Å². The van der Waals surface area contributed by atoms with Gasteiger partial charge in [0.2, 0.25) is 0 Å². The van der Waals surface area contributed by atoms with Gasteiger partial charge >= 0.3 is 11.9 Å². The Bertz CT molecular complexity index is 393. The van der Waals surface area contributed by atoms with Crippen LogP contribution in [0.15, 0.2) is 42.5 Å². The van der Waals surface area contributed by atoms with E-state index in [4.69, 9.17) is 14.2 Å². The van der Waals surface area contributed by atoms with Crippen LogP contribution in [0.25, 0.3) is 0 Å². The van der Waals surface area contributed by atoms with Gasteiger partial charge in [-0.05, 0) is 19.1 Å². The van der Waals surface area contributed by atoms with Gasteiger partial charge in [-0.25, -0.2) is 4.79 Å². The third kappa shape index (κ3) is 2.93. The lowest BCUT2D eigenvalue weighted by Crippen LogP contribution is -2.36. The van der Waals surface area contributed by atoms with Crippen LogP contribution < -0.4 is 0 Å². The molecule has 1 rings (SSSR count). The highest BCUT2D eigenvalue weighted by molar-refractivity contribution is 5.87. The lowest BCUT2D eigenvalue weighted by Gasteiger charge is -2.29. The Hall–Kier alpha value is -1.65. The van der Waals surface area contributed by atoms with Gasteiger partial charge in [0.1, 0.15) is 0 Å². The number of benzene rings is 1. The summed E-state index contributed by atoms with van der Waals surface area (Å²) in [5.74, 6) is -2.10. The second-order valence-electron chi connectivity index (χ2n) is 3.50. The van der Waals surface area contributed by atoms with Crippen LogP contribution in [0.5, 0.6) is 0 Å². The van der Waals surface area contributed by atoms with Crippen molar-refractivity contribution in [3.63, 3.8) is 0 Å². The zero-order valence-corrected chi connectivity index (χ0v) is 10.2. The number of methoxy groups -OCH3 is 2. The van der Waals surface area contributed by atoms with Crippen LogP contribution in [0.2, 0.25) is 0 Å². The van der Waals surface area contributed by atoms with E-state index in [1.807, 2.05) is 6.07 Å². The molecule has 0 unspecified atom stereocenters. The second-order valence-corrected chi connectivity index (χ2v) is 3.50. The summed E-state index contributed by atoms with van der Waals surface area (Å²) in [5, 5.41) is 0. The monoisotopic (exact) mass is 236 g/mol. The molecular formula is C13H16O4. The predicted octanol–water partition coefficient (Wildman–Crippen LogP) is 2.21. The number of hydrogen-bond donors (Lipinski definition) is 0. The average molecular weight is 236 g/mol. The Morgan fingerprint density at radius 3 is 2.12 bits per heavy atom. The molecule has 0 saturated carbocycles. The highest BCUT2D eigenvalue weighted by atomic mass is 16.9. The Balaban J connectivity index is 3.06. The third-order valence-electron chi connectivity index (χ3n) is 2.24. The number of carbonyl (C=O) groups excluding carboxylic acids is 1. The first-order valence-corrected chi connectivity index (χ1v) is 5.10. The summed E-state index contributed by atoms with van der Waals surface area (Å²) in [6, 6.07) is 8.95. The number of rotatable bonds is 5. The standard InChI is InChI=1S/C13H16O4/c1-10(2)12(14)17-13(15-3,16-4)11-8-6-5-7-9-11/h5-9H,1H2,2-4H3. The van der Waals surface area contributed by atoms with Gasteiger partial charge in [0.15, 0.2) is 0 Å². The number of carbonyl (C=O) groups is 1. The van der Waals surface area contributed by atoms with Crippen molar-refractivity contribution in [1.82, 2.24) is 0 Å². The minimum absolute atomic E-state index is 0.277. The van der Waals surface area contributed by atoms with Gasteiger partial charge in [-0.15, -0.1) is 0 Å². The predicted molar refractivity (Wildman–Crippen MR) is 63.0 cm³/mol. The maximum atomic E-state index is 11.6. The zero-order chi connectivity index (χ0) is 12.9. The van der Waals surface area contributed by atoms with Crippen LogP contribution >= 0.6 is 0 Å². The molecule has 0 saturated heterocycles. The fourth-order valence-electron chi connectivity index (χ4n) is 1.31. The quantitative estimate of drug-likeness (QED) is 0.446. The van der Waals surface area contributed by atoms with Gasteiger partial charge < -0.3 is 14.2 Å². The molecule has 1 aromatic carbocycles. The summed E-state index contributed by atoms with van der Waals surface area (Å²) in [6.45, 7) is 5.07. The Morgan fingerprint density at radius 2 is 1.71 bits per heavy atom. The van der Waals surface area contributed by atoms with Crippen molar-refractivity contribution < 1.29 is 19.0 Å². The Kier molecular flexibility index (Phi) is 4.43. The minimum atomic E-state index is -1.53. The Labute approximate surface area is 101 Å². The maximum Gasteiger partial charge on any atom is 0.358 e. The summed E-state index contributed by atoms with van der Waals surface area (Å²) in [4.78, 5) is 11.6. The Morgan fingerprint density at radius 1 is 1.18 bits per heavy atom. The molecule has 0 spiro atoms. The van der Waals surface area contributed by atoms with Gasteiger partial charge in [0, 0.05) is 19.8 Å². The molecule has 0 aliphatic heterocycles. The van der Waals surface area contributed by atoms with Crippen LogP contribution in [0.1, 0.15) is 12.5 Å². The topological polar surface area (TPSA) is 44.8 Å². The molecule has 4 nitrogen and oxygen atoms in total. The smallest absolute Gasteiger partial charge is 0.358 e. The van der Waals surface area contributed by atoms with Crippen LogP contribution in [0.3, 0.4) is 0 Å². The third-order valence-corrected chi connectivity index (χ3v) is 2.24. The first-order valence-electron chi connectivity index (χ1n) is 5.10. The van der Waals surface area contributed by atoms with Crippen LogP contribution in [-0.2, 0) is 25.0 Å². The largest absolute Gasteiger partial charge is 0.400 e. The molecule has 0 fully saturated rings. The van der Waals surface area contributed by atoms with E-state index in [1.165, 1.54) is 14.2 Å². The van der Waals surface area contributed by atoms with E-state index in [0.717, 1.165) is 0 Å². The van der Waals surface area contributed by atoms with E-state index in [2.05, 4.69) is 6.58 Å². The summed E-state index contributed by atoms with van der Waals surface area (Å²) in [6.07, 6.45) is 0. The molecule has 0 aliphatic carbocycles. The fourth-order valence-corrected chi connectivity index (χ4v) is 1.31. The molecule has 0 amide bonds. The number of ether oxygens (including phenoxy) is 3. The van der Waals surface area contributed by atoms with Gasteiger partial charge in [-0.2, -0.15) is 0 Å². The van der Waals surface area contributed by atoms with Crippen molar-refractivity contribution in [2.75, 3.05) is 14.2 Å². The highest BCUT2D eigenvalue weighted by Gasteiger charge is 2.37. The van der Waals surface area contributed by atoms with Crippen LogP contribution in [-0.4, -0.2) is 20.2 Å². The average Bonchev–Trinajstić information content (AvgIpc) is 2.36. The van der Waals surface area contributed by atoms with Crippen molar-refractivity contribution in [2.24, 2.45) is 0 Å². The van der Waals surface area contributed by atoms with Crippen LogP contribution in [0.4, 0.5) is 0 Å². The van der Waals surface area contributed by atoms with E-state index in [9.17, 15) is 4.79 Å². The molecule has 4 heteroatoms. The molecule has 0 aromatic heterocycles. The molecule has 0 aliphatic rings. The van der Waals surface area contributed by atoms with Gasteiger partial charge in [-0.1, -0.05) is 24.8 Å². The van der Waals surface area contributed by atoms with Gasteiger partial charge in [0.25, 0.3) is 0 Å². The number of esters is 1. The van der Waals surface area contributed by atoms with Crippen molar-refractivity contribution in [3.8, 4) is 0 Å². The SMILES string of the molecule is C=C(C)C(=O)OC(OC)(OC)c1ccccc1. The first-order chi connectivity index (χ1) is 8.05. The van der Waals surface area contributed by atoms with Crippen molar-refractivity contribution in [2.45, 2.75) is 12.9 Å². The second kappa shape index (κ2) is 5.61. The summed E-state index contributed by atoms with van der Waals surface area (Å²) in [5.41, 5.74) is 0.874. The summed E-state index contributed by atoms with van der Waals surface area (Å²) in [7, 11) is 2.81. The highest BCUT2D eigenvalue weighted by Crippen LogP contribution is 2.28. The zero-order valence-electron chi connectivity index (χ0n) is 10.2. The minimum Gasteiger partial charge on any atom is -0.400 e. The fraction of sp³-hybridized carbons (Fsp3) is 0.308. The summed E-state index contributed by atoms with van der Waals surface area (Å²) < 4.78 is 15.6. The lowest BCUT2D eigenvalue weighted by atomic mass is 10.2. The van der Waals surface area contributed by atoms with Crippen LogP contribution in [0, 0.1) is 0 Å². The molecule has 1 aromatic rings. The molecule has 92 valence electrons. The summed E-state index contributed by atoms with van der Waals surface area (Å²) >= 11 is 0. The molecule has 0 radical (unpaired) electrons. The van der Waals surface area contributed by atoms with E-state index in [-0.39, 0.29) is 5.57 Å². The molecule has 0 bridgehead atoms. The van der Waals surface area contributed by atoms with Crippen molar-refractivity contribution in [1.29, 1.82) is 0 Å². The molecule has 17 heavy (non-hydrogen) atoms. The molecular weight excluding hydrogens is 220 g/mol. The molecule has 0 N–H and O–H groups in total. The van der Waals surface area contributed by atoms with E-state index >= 15 is 0 Å².